The van der Waals surface area contributed by atoms with Crippen molar-refractivity contribution in [2.24, 2.45) is 0 Å². The van der Waals surface area contributed by atoms with Crippen LogP contribution in [0.15, 0.2) is 24.5 Å². The van der Waals surface area contributed by atoms with E-state index in [1.807, 2.05) is 6.92 Å². The highest BCUT2D eigenvalue weighted by atomic mass is 35.5. The Bertz CT molecular complexity index is 1430. The Morgan fingerprint density at radius 2 is 1.81 bits per heavy atom. The SMILES string of the molecule is CCn1ncc(Cl)c1[C@H]([SH]1C[C@H](OC)[C@@H](n2cc(-c3cc(F)c(F)c(F)c3)nn2)[C@@H](O)[C@H]1CO)C1(O)CCC(F)(F)CC1. The third kappa shape index (κ3) is 5.91. The molecule has 3 N–H and O–H groups in total. The lowest BCUT2D eigenvalue weighted by atomic mass is 9.79. The Morgan fingerprint density at radius 1 is 1.16 bits per heavy atom. The zero-order valence-electron chi connectivity index (χ0n) is 23.3. The van der Waals surface area contributed by atoms with Crippen LogP contribution in [0, 0.1) is 17.5 Å². The summed E-state index contributed by atoms with van der Waals surface area (Å²) in [6, 6.07) is 0.607. The van der Waals surface area contributed by atoms with Gasteiger partial charge in [0.25, 0.3) is 0 Å². The molecule has 1 saturated heterocycles. The number of aryl methyl sites for hydroxylation is 1. The molecule has 9 nitrogen and oxygen atoms in total. The lowest BCUT2D eigenvalue weighted by Crippen LogP contribution is -2.54. The zero-order chi connectivity index (χ0) is 31.3. The van der Waals surface area contributed by atoms with Gasteiger partial charge in [0.15, 0.2) is 17.5 Å². The molecular weight excluding hydrogens is 621 g/mol. The predicted octanol–water partition coefficient (Wildman–Crippen LogP) is 4.21. The molecule has 0 bridgehead atoms. The predicted molar refractivity (Wildman–Crippen MR) is 150 cm³/mol. The number of ether oxygens (including phenoxy) is 1. The molecule has 1 aromatic carbocycles. The standard InChI is InChI=1S/C27H33ClF5N5O4S/c1-3-37-22(15(28)10-34-37)25(26(41)4-6-27(32,33)7-5-26)43-13-19(42-2)23(24(40)20(43)12-39)38-11-18(35-36-38)14-8-16(29)21(31)17(30)9-14/h8-11,19-20,23-25,39-41,43H,3-7,12-13H2,1-2H3/t19-,20+,23+,24-,25-/m0/s1. The Morgan fingerprint density at radius 3 is 2.40 bits per heavy atom. The van der Waals surface area contributed by atoms with E-state index in [1.165, 1.54) is 24.2 Å². The maximum Gasteiger partial charge on any atom is 0.248 e. The Balaban J connectivity index is 1.54. The van der Waals surface area contributed by atoms with Gasteiger partial charge in [-0.25, -0.2) is 37.5 Å². The third-order valence-corrected chi connectivity index (χ3v) is 12.4. The average molecular weight is 654 g/mol. The van der Waals surface area contributed by atoms with Crippen LogP contribution in [0.1, 0.15) is 49.6 Å². The largest absolute Gasteiger partial charge is 0.395 e. The molecule has 1 aliphatic carbocycles. The molecule has 1 saturated carbocycles. The average Bonchev–Trinajstić information content (AvgIpc) is 3.60. The quantitative estimate of drug-likeness (QED) is 0.164. The second-order valence-corrected chi connectivity index (χ2v) is 14.1. The van der Waals surface area contributed by atoms with Crippen molar-refractivity contribution in [2.75, 3.05) is 19.5 Å². The number of benzene rings is 1. The molecule has 2 aliphatic rings. The lowest BCUT2D eigenvalue weighted by Gasteiger charge is -2.53. The van der Waals surface area contributed by atoms with Crippen molar-refractivity contribution in [2.45, 2.75) is 79.4 Å². The van der Waals surface area contributed by atoms with E-state index in [0.717, 1.165) is 12.1 Å². The van der Waals surface area contributed by atoms with Crippen molar-refractivity contribution >= 4 is 22.5 Å². The minimum atomic E-state index is -2.93. The second-order valence-electron chi connectivity index (χ2n) is 11.1. The number of aliphatic hydroxyl groups excluding tert-OH is 2. The smallest absolute Gasteiger partial charge is 0.248 e. The van der Waals surface area contributed by atoms with Crippen LogP contribution in [-0.4, -0.2) is 88.5 Å². The van der Waals surface area contributed by atoms with Gasteiger partial charge >= 0.3 is 0 Å². The molecule has 0 radical (unpaired) electrons. The van der Waals surface area contributed by atoms with Gasteiger partial charge in [-0.15, -0.1) is 5.10 Å². The highest BCUT2D eigenvalue weighted by Gasteiger charge is 2.55. The Labute approximate surface area is 251 Å². The van der Waals surface area contributed by atoms with Gasteiger partial charge in [0.05, 0.1) is 52.8 Å². The summed E-state index contributed by atoms with van der Waals surface area (Å²) in [6.45, 7) is 1.68. The van der Waals surface area contributed by atoms with Crippen LogP contribution in [0.3, 0.4) is 0 Å². The highest BCUT2D eigenvalue weighted by molar-refractivity contribution is 8.18. The van der Waals surface area contributed by atoms with Crippen molar-refractivity contribution < 1.29 is 42.0 Å². The first kappa shape index (κ1) is 32.1. The lowest BCUT2D eigenvalue weighted by molar-refractivity contribution is -0.105. The molecule has 2 aromatic heterocycles. The summed E-state index contributed by atoms with van der Waals surface area (Å²) < 4.78 is 78.4. The van der Waals surface area contributed by atoms with E-state index in [-0.39, 0.29) is 34.9 Å². The van der Waals surface area contributed by atoms with Crippen molar-refractivity contribution in [3.63, 3.8) is 0 Å². The summed E-state index contributed by atoms with van der Waals surface area (Å²) in [5.41, 5.74) is -1.26. The molecule has 6 atom stereocenters. The number of alkyl halides is 2. The van der Waals surface area contributed by atoms with Crippen molar-refractivity contribution in [1.29, 1.82) is 0 Å². The van der Waals surface area contributed by atoms with Crippen molar-refractivity contribution in [3.05, 3.63) is 52.7 Å². The molecule has 0 amide bonds. The van der Waals surface area contributed by atoms with Crippen LogP contribution in [0.4, 0.5) is 22.0 Å². The highest BCUT2D eigenvalue weighted by Crippen LogP contribution is 2.62. The summed E-state index contributed by atoms with van der Waals surface area (Å²) >= 11 is 6.60. The maximum absolute atomic E-state index is 14.2. The summed E-state index contributed by atoms with van der Waals surface area (Å²) in [4.78, 5) is 0. The minimum Gasteiger partial charge on any atom is -0.395 e. The van der Waals surface area contributed by atoms with Crippen LogP contribution in [0.25, 0.3) is 11.3 Å². The van der Waals surface area contributed by atoms with E-state index in [1.54, 1.807) is 4.68 Å². The van der Waals surface area contributed by atoms with Crippen LogP contribution < -0.4 is 0 Å². The number of aromatic nitrogens is 5. The normalized spacial score (nSPS) is 28.6. The molecule has 16 heteroatoms. The van der Waals surface area contributed by atoms with E-state index in [0.29, 0.717) is 12.2 Å². The number of halogens is 6. The summed E-state index contributed by atoms with van der Waals surface area (Å²) in [5, 5.41) is 45.2. The van der Waals surface area contributed by atoms with Gasteiger partial charge < -0.3 is 20.1 Å². The van der Waals surface area contributed by atoms with Crippen LogP contribution in [-0.2, 0) is 11.3 Å². The number of aliphatic hydroxyl groups is 3. The molecular formula is C27H33ClF5N5O4S. The molecule has 43 heavy (non-hydrogen) atoms. The van der Waals surface area contributed by atoms with E-state index in [9.17, 15) is 37.3 Å². The van der Waals surface area contributed by atoms with Gasteiger partial charge in [-0.2, -0.15) is 5.10 Å². The fourth-order valence-electron chi connectivity index (χ4n) is 6.34. The molecule has 0 spiro atoms. The molecule has 2 fully saturated rings. The monoisotopic (exact) mass is 653 g/mol. The first-order chi connectivity index (χ1) is 20.3. The fraction of sp³-hybridized carbons (Fsp3) is 0.593. The molecule has 238 valence electrons. The Hall–Kier alpha value is -2.30. The van der Waals surface area contributed by atoms with Gasteiger partial charge in [0, 0.05) is 43.1 Å². The van der Waals surface area contributed by atoms with Gasteiger partial charge in [-0.05, 0) is 31.9 Å². The van der Waals surface area contributed by atoms with Crippen LogP contribution in [0.5, 0.6) is 0 Å². The number of rotatable bonds is 8. The first-order valence-electron chi connectivity index (χ1n) is 13.8. The summed E-state index contributed by atoms with van der Waals surface area (Å²) in [7, 11) is -0.197. The fourth-order valence-corrected chi connectivity index (χ4v) is 10.6. The van der Waals surface area contributed by atoms with Crippen molar-refractivity contribution in [1.82, 2.24) is 24.8 Å². The molecule has 1 aliphatic heterocycles. The topological polar surface area (TPSA) is 118 Å². The molecule has 1 unspecified atom stereocenters. The molecule has 3 aromatic rings. The maximum atomic E-state index is 14.2. The zero-order valence-corrected chi connectivity index (χ0v) is 25.0. The number of methoxy groups -OCH3 is 1. The number of nitrogens with zero attached hydrogens (tertiary/aromatic N) is 5. The first-order valence-corrected chi connectivity index (χ1v) is 15.8. The summed E-state index contributed by atoms with van der Waals surface area (Å²) in [5.74, 6) is -7.17. The molecule has 3 heterocycles. The molecule has 5 rings (SSSR count). The Kier molecular flexibility index (Phi) is 9.14. The minimum absolute atomic E-state index is 0.00203. The van der Waals surface area contributed by atoms with Crippen LogP contribution in [0.2, 0.25) is 5.02 Å². The third-order valence-electron chi connectivity index (χ3n) is 8.61. The number of thiol groups is 1. The number of hydrogen-bond acceptors (Lipinski definition) is 7. The number of hydrogen-bond donors (Lipinski definition) is 4. The van der Waals surface area contributed by atoms with Gasteiger partial charge in [0.2, 0.25) is 5.92 Å². The van der Waals surface area contributed by atoms with E-state index in [2.05, 4.69) is 15.4 Å². The van der Waals surface area contributed by atoms with E-state index < -0.39 is 88.1 Å². The van der Waals surface area contributed by atoms with E-state index >= 15 is 0 Å². The van der Waals surface area contributed by atoms with Crippen molar-refractivity contribution in [3.8, 4) is 11.3 Å². The second kappa shape index (κ2) is 12.2. The van der Waals surface area contributed by atoms with Crippen LogP contribution >= 0.6 is 22.5 Å². The van der Waals surface area contributed by atoms with E-state index in [4.69, 9.17) is 16.3 Å². The van der Waals surface area contributed by atoms with Gasteiger partial charge in [-0.3, -0.25) is 4.68 Å². The van der Waals surface area contributed by atoms with Gasteiger partial charge in [0.1, 0.15) is 11.7 Å². The summed E-state index contributed by atoms with van der Waals surface area (Å²) in [6.07, 6.45) is -0.862. The van der Waals surface area contributed by atoms with Gasteiger partial charge in [-0.1, -0.05) is 16.8 Å².